The van der Waals surface area contributed by atoms with E-state index in [4.69, 9.17) is 0 Å². The van der Waals surface area contributed by atoms with Crippen molar-refractivity contribution in [3.05, 3.63) is 16.7 Å². The van der Waals surface area contributed by atoms with Crippen LogP contribution in [0.1, 0.15) is 6.92 Å². The number of aromatic nitrogens is 4. The molecule has 7 nitrogen and oxygen atoms in total. The third-order valence-corrected chi connectivity index (χ3v) is 1.88. The van der Waals surface area contributed by atoms with Crippen molar-refractivity contribution in [1.29, 1.82) is 0 Å². The number of imidazole rings is 1. The van der Waals surface area contributed by atoms with Gasteiger partial charge in [0.25, 0.3) is 5.56 Å². The molecule has 0 aliphatic heterocycles. The van der Waals surface area contributed by atoms with Gasteiger partial charge in [0, 0.05) is 14.0 Å². The lowest BCUT2D eigenvalue weighted by atomic mass is 10.5. The summed E-state index contributed by atoms with van der Waals surface area (Å²) in [6, 6.07) is 0. The van der Waals surface area contributed by atoms with Gasteiger partial charge in [0.2, 0.25) is 11.9 Å². The van der Waals surface area contributed by atoms with Gasteiger partial charge < -0.3 is 4.57 Å². The predicted octanol–water partition coefficient (Wildman–Crippen LogP) is -0.385. The monoisotopic (exact) mass is 207 g/mol. The molecule has 0 saturated heterocycles. The van der Waals surface area contributed by atoms with Gasteiger partial charge in [-0.1, -0.05) is 0 Å². The van der Waals surface area contributed by atoms with Gasteiger partial charge in [-0.3, -0.25) is 19.9 Å². The van der Waals surface area contributed by atoms with Crippen molar-refractivity contribution in [3.63, 3.8) is 0 Å². The maximum Gasteiger partial charge on any atom is 0.278 e. The number of H-pyrrole nitrogens is 1. The number of nitrogens with one attached hydrogen (secondary N) is 2. The number of carbonyl (C=O) groups excluding carboxylic acids is 1. The van der Waals surface area contributed by atoms with Crippen LogP contribution in [0.4, 0.5) is 5.95 Å². The first-order valence-corrected chi connectivity index (χ1v) is 4.27. The average molecular weight is 207 g/mol. The molecule has 0 atom stereocenters. The van der Waals surface area contributed by atoms with Crippen LogP contribution < -0.4 is 10.9 Å². The summed E-state index contributed by atoms with van der Waals surface area (Å²) in [6.45, 7) is 1.34. The third-order valence-electron chi connectivity index (χ3n) is 1.88. The summed E-state index contributed by atoms with van der Waals surface area (Å²) in [4.78, 5) is 32.7. The molecule has 2 aromatic rings. The van der Waals surface area contributed by atoms with Crippen LogP contribution in [0.2, 0.25) is 0 Å². The van der Waals surface area contributed by atoms with E-state index in [-0.39, 0.29) is 17.4 Å². The number of rotatable bonds is 1. The molecule has 0 aliphatic rings. The van der Waals surface area contributed by atoms with E-state index in [1.54, 1.807) is 11.6 Å². The molecule has 0 bridgehead atoms. The Kier molecular flexibility index (Phi) is 2.00. The van der Waals surface area contributed by atoms with E-state index in [2.05, 4.69) is 20.3 Å². The number of amides is 1. The van der Waals surface area contributed by atoms with Gasteiger partial charge in [-0.25, -0.2) is 4.98 Å². The van der Waals surface area contributed by atoms with Gasteiger partial charge in [0.05, 0.1) is 6.33 Å². The standard InChI is InChI=1S/C8H9N5O2/c1-4(14)10-8-11-6-5(7(15)12-8)13(2)3-9-6/h3H,1-2H3,(H2,10,11,12,14,15). The second-order valence-corrected chi connectivity index (χ2v) is 3.12. The molecule has 1 amide bonds. The molecule has 0 fully saturated rings. The lowest BCUT2D eigenvalue weighted by molar-refractivity contribution is -0.114. The molecular formula is C8H9N5O2. The smallest absolute Gasteiger partial charge is 0.278 e. The zero-order valence-corrected chi connectivity index (χ0v) is 8.24. The van der Waals surface area contributed by atoms with Crippen LogP contribution in [0.5, 0.6) is 0 Å². The lowest BCUT2D eigenvalue weighted by Crippen LogP contribution is -2.17. The number of anilines is 1. The molecule has 2 rings (SSSR count). The van der Waals surface area contributed by atoms with Crippen molar-refractivity contribution in [2.75, 3.05) is 5.32 Å². The van der Waals surface area contributed by atoms with E-state index >= 15 is 0 Å². The minimum atomic E-state index is -0.330. The van der Waals surface area contributed by atoms with Crippen LogP contribution in [0, 0.1) is 0 Å². The van der Waals surface area contributed by atoms with Crippen LogP contribution in [0.3, 0.4) is 0 Å². The number of nitrogens with zero attached hydrogens (tertiary/aromatic N) is 3. The molecule has 0 unspecified atom stereocenters. The third kappa shape index (κ3) is 1.58. The molecule has 0 radical (unpaired) electrons. The van der Waals surface area contributed by atoms with Crippen LogP contribution in [-0.2, 0) is 11.8 Å². The zero-order valence-electron chi connectivity index (χ0n) is 8.24. The van der Waals surface area contributed by atoms with Crippen molar-refractivity contribution in [2.45, 2.75) is 6.92 Å². The zero-order chi connectivity index (χ0) is 11.0. The summed E-state index contributed by atoms with van der Waals surface area (Å²) >= 11 is 0. The van der Waals surface area contributed by atoms with E-state index in [9.17, 15) is 9.59 Å². The van der Waals surface area contributed by atoms with Crippen molar-refractivity contribution < 1.29 is 4.79 Å². The quantitative estimate of drug-likeness (QED) is 0.666. The largest absolute Gasteiger partial charge is 0.328 e. The van der Waals surface area contributed by atoms with Gasteiger partial charge >= 0.3 is 0 Å². The Morgan fingerprint density at radius 3 is 3.00 bits per heavy atom. The highest BCUT2D eigenvalue weighted by Gasteiger charge is 2.08. The van der Waals surface area contributed by atoms with E-state index in [0.29, 0.717) is 11.2 Å². The van der Waals surface area contributed by atoms with E-state index in [1.807, 2.05) is 0 Å². The van der Waals surface area contributed by atoms with Gasteiger partial charge in [0.15, 0.2) is 11.2 Å². The SMILES string of the molecule is CC(=O)Nc1nc2ncn(C)c2c(=O)[nH]1. The number of hydrogen-bond donors (Lipinski definition) is 2. The Hall–Kier alpha value is -2.18. The topological polar surface area (TPSA) is 92.7 Å². The van der Waals surface area contributed by atoms with E-state index < -0.39 is 0 Å². The summed E-state index contributed by atoms with van der Waals surface area (Å²) in [7, 11) is 1.70. The normalized spacial score (nSPS) is 10.5. The number of hydrogen-bond acceptors (Lipinski definition) is 4. The minimum absolute atomic E-state index is 0.110. The molecule has 2 N–H and O–H groups in total. The van der Waals surface area contributed by atoms with Gasteiger partial charge in [-0.15, -0.1) is 0 Å². The van der Waals surface area contributed by atoms with Crippen LogP contribution in [0.25, 0.3) is 11.2 Å². The van der Waals surface area contributed by atoms with Gasteiger partial charge in [-0.2, -0.15) is 4.98 Å². The first kappa shape index (κ1) is 9.38. The van der Waals surface area contributed by atoms with Crippen LogP contribution >= 0.6 is 0 Å². The summed E-state index contributed by atoms with van der Waals surface area (Å²) in [5, 5.41) is 2.39. The van der Waals surface area contributed by atoms with E-state index in [1.165, 1.54) is 13.3 Å². The molecule has 15 heavy (non-hydrogen) atoms. The Morgan fingerprint density at radius 1 is 1.60 bits per heavy atom. The number of carbonyl (C=O) groups is 1. The van der Waals surface area contributed by atoms with Gasteiger partial charge in [-0.05, 0) is 0 Å². The first-order valence-electron chi connectivity index (χ1n) is 4.27. The molecule has 0 aromatic carbocycles. The molecule has 7 heteroatoms. The highest BCUT2D eigenvalue weighted by molar-refractivity contribution is 5.87. The lowest BCUT2D eigenvalue weighted by Gasteiger charge is -1.99. The van der Waals surface area contributed by atoms with Crippen LogP contribution in [-0.4, -0.2) is 25.4 Å². The molecule has 0 saturated carbocycles. The number of aromatic amines is 1. The summed E-state index contributed by atoms with van der Waals surface area (Å²) in [5.74, 6) is -0.188. The fourth-order valence-corrected chi connectivity index (χ4v) is 1.29. The summed E-state index contributed by atoms with van der Waals surface area (Å²) in [6.07, 6.45) is 1.49. The Bertz CT molecular complexity index is 582. The molecule has 0 aliphatic carbocycles. The molecular weight excluding hydrogens is 198 g/mol. The molecule has 2 heterocycles. The van der Waals surface area contributed by atoms with Crippen LogP contribution in [0.15, 0.2) is 11.1 Å². The number of fused-ring (bicyclic) bond motifs is 1. The Morgan fingerprint density at radius 2 is 2.33 bits per heavy atom. The van der Waals surface area contributed by atoms with E-state index in [0.717, 1.165) is 0 Å². The predicted molar refractivity (Wildman–Crippen MR) is 53.4 cm³/mol. The Labute approximate surface area is 84.2 Å². The molecule has 78 valence electrons. The van der Waals surface area contributed by atoms with Crippen molar-refractivity contribution in [3.8, 4) is 0 Å². The number of aryl methyl sites for hydroxylation is 1. The summed E-state index contributed by atoms with van der Waals surface area (Å²) < 4.78 is 1.57. The van der Waals surface area contributed by atoms with Crippen molar-refractivity contribution in [1.82, 2.24) is 19.5 Å². The van der Waals surface area contributed by atoms with Crippen molar-refractivity contribution in [2.24, 2.45) is 7.05 Å². The highest BCUT2D eigenvalue weighted by atomic mass is 16.1. The fourth-order valence-electron chi connectivity index (χ4n) is 1.29. The Balaban J connectivity index is 2.63. The fraction of sp³-hybridized carbons (Fsp3) is 0.250. The maximum atomic E-state index is 11.6. The molecule has 0 spiro atoms. The highest BCUT2D eigenvalue weighted by Crippen LogP contribution is 2.04. The second-order valence-electron chi connectivity index (χ2n) is 3.12. The van der Waals surface area contributed by atoms with Crippen molar-refractivity contribution >= 4 is 23.0 Å². The minimum Gasteiger partial charge on any atom is -0.328 e. The average Bonchev–Trinajstić information content (AvgIpc) is 2.46. The molecule has 2 aromatic heterocycles. The second kappa shape index (κ2) is 3.19. The first-order chi connectivity index (χ1) is 7.08. The summed E-state index contributed by atoms with van der Waals surface area (Å²) in [5.41, 5.74) is 0.359. The van der Waals surface area contributed by atoms with Gasteiger partial charge in [0.1, 0.15) is 0 Å². The maximum absolute atomic E-state index is 11.6.